The van der Waals surface area contributed by atoms with Crippen molar-refractivity contribution >= 4 is 5.91 Å². The van der Waals surface area contributed by atoms with Gasteiger partial charge in [-0.05, 0) is 0 Å². The third-order valence-corrected chi connectivity index (χ3v) is 2.22. The predicted octanol–water partition coefficient (Wildman–Crippen LogP) is -1.06. The molecule has 1 saturated heterocycles. The number of aliphatic hydroxyl groups is 1. The van der Waals surface area contributed by atoms with Gasteiger partial charge in [0.1, 0.15) is 0 Å². The standard InChI is InChI=1S/C9H15N3O2/c10-2-1-3-11-9(14)6-12-4-8(5-12)7-13/h8,13H,1,3-7H2,(H,11,14). The third-order valence-electron chi connectivity index (χ3n) is 2.22. The van der Waals surface area contributed by atoms with Gasteiger partial charge in [0.05, 0.1) is 19.0 Å². The molecule has 5 heteroatoms. The van der Waals surface area contributed by atoms with Crippen LogP contribution < -0.4 is 5.32 Å². The second-order valence-electron chi connectivity index (χ2n) is 3.50. The molecule has 5 nitrogen and oxygen atoms in total. The van der Waals surface area contributed by atoms with Crippen LogP contribution in [0.3, 0.4) is 0 Å². The largest absolute Gasteiger partial charge is 0.396 e. The molecule has 1 rings (SSSR count). The first-order chi connectivity index (χ1) is 6.76. The van der Waals surface area contributed by atoms with Crippen molar-refractivity contribution in [2.75, 3.05) is 32.8 Å². The lowest BCUT2D eigenvalue weighted by atomic mass is 10.0. The lowest BCUT2D eigenvalue weighted by Gasteiger charge is -2.37. The Bertz CT molecular complexity index is 231. The Morgan fingerprint density at radius 1 is 1.64 bits per heavy atom. The average molecular weight is 197 g/mol. The van der Waals surface area contributed by atoms with Crippen LogP contribution in [0.1, 0.15) is 6.42 Å². The summed E-state index contributed by atoms with van der Waals surface area (Å²) in [5.74, 6) is 0.290. The summed E-state index contributed by atoms with van der Waals surface area (Å²) in [6.07, 6.45) is 0.352. The molecule has 2 N–H and O–H groups in total. The summed E-state index contributed by atoms with van der Waals surface area (Å²) in [5, 5.41) is 19.6. The van der Waals surface area contributed by atoms with Crippen LogP contribution in [0.4, 0.5) is 0 Å². The Hall–Kier alpha value is -1.12. The zero-order valence-corrected chi connectivity index (χ0v) is 8.07. The van der Waals surface area contributed by atoms with E-state index in [0.29, 0.717) is 25.4 Å². The smallest absolute Gasteiger partial charge is 0.234 e. The number of nitrogens with one attached hydrogen (secondary N) is 1. The van der Waals surface area contributed by atoms with E-state index < -0.39 is 0 Å². The summed E-state index contributed by atoms with van der Waals surface area (Å²) in [7, 11) is 0. The second kappa shape index (κ2) is 5.58. The van der Waals surface area contributed by atoms with Crippen molar-refractivity contribution in [2.24, 2.45) is 5.92 Å². The van der Waals surface area contributed by atoms with Crippen molar-refractivity contribution < 1.29 is 9.90 Å². The molecule has 78 valence electrons. The minimum atomic E-state index is -0.0448. The molecule has 14 heavy (non-hydrogen) atoms. The Morgan fingerprint density at radius 2 is 2.36 bits per heavy atom. The fourth-order valence-electron chi connectivity index (χ4n) is 1.44. The topological polar surface area (TPSA) is 76.4 Å². The van der Waals surface area contributed by atoms with Gasteiger partial charge in [0.15, 0.2) is 0 Å². The highest BCUT2D eigenvalue weighted by molar-refractivity contribution is 5.78. The fraction of sp³-hybridized carbons (Fsp3) is 0.778. The number of amides is 1. The van der Waals surface area contributed by atoms with Crippen LogP contribution in [0.15, 0.2) is 0 Å². The summed E-state index contributed by atoms with van der Waals surface area (Å²) < 4.78 is 0. The van der Waals surface area contributed by atoms with E-state index in [0.717, 1.165) is 13.1 Å². The number of hydrogen-bond donors (Lipinski definition) is 2. The fourth-order valence-corrected chi connectivity index (χ4v) is 1.44. The predicted molar refractivity (Wildman–Crippen MR) is 50.3 cm³/mol. The van der Waals surface area contributed by atoms with Crippen LogP contribution in [0.25, 0.3) is 0 Å². The van der Waals surface area contributed by atoms with E-state index in [1.54, 1.807) is 0 Å². The summed E-state index contributed by atoms with van der Waals surface area (Å²) >= 11 is 0. The van der Waals surface area contributed by atoms with Gasteiger partial charge in [-0.25, -0.2) is 0 Å². The molecule has 1 amide bonds. The van der Waals surface area contributed by atoms with Gasteiger partial charge in [-0.1, -0.05) is 0 Å². The van der Waals surface area contributed by atoms with Crippen molar-refractivity contribution in [3.05, 3.63) is 0 Å². The highest BCUT2D eigenvalue weighted by Gasteiger charge is 2.26. The van der Waals surface area contributed by atoms with Gasteiger partial charge in [0.2, 0.25) is 5.91 Å². The molecule has 1 aliphatic heterocycles. The molecule has 0 radical (unpaired) electrons. The van der Waals surface area contributed by atoms with Crippen LogP contribution in [0.5, 0.6) is 0 Å². The number of likely N-dealkylation sites (tertiary alicyclic amines) is 1. The molecular weight excluding hydrogens is 182 g/mol. The van der Waals surface area contributed by atoms with Crippen LogP contribution in [-0.4, -0.2) is 48.7 Å². The van der Waals surface area contributed by atoms with Gasteiger partial charge in [-0.3, -0.25) is 9.69 Å². The first-order valence-electron chi connectivity index (χ1n) is 4.73. The number of rotatable bonds is 5. The Morgan fingerprint density at radius 3 is 2.93 bits per heavy atom. The maximum Gasteiger partial charge on any atom is 0.234 e. The number of nitrogens with zero attached hydrogens (tertiary/aromatic N) is 2. The lowest BCUT2D eigenvalue weighted by molar-refractivity contribution is -0.124. The quantitative estimate of drug-likeness (QED) is 0.551. The molecule has 1 heterocycles. The van der Waals surface area contributed by atoms with Gasteiger partial charge in [0.25, 0.3) is 0 Å². The van der Waals surface area contributed by atoms with Crippen LogP contribution in [0.2, 0.25) is 0 Å². The molecule has 0 unspecified atom stereocenters. The first kappa shape index (κ1) is 11.0. The van der Waals surface area contributed by atoms with Crippen molar-refractivity contribution in [3.8, 4) is 6.07 Å². The van der Waals surface area contributed by atoms with Gasteiger partial charge >= 0.3 is 0 Å². The van der Waals surface area contributed by atoms with Crippen molar-refractivity contribution in [1.29, 1.82) is 5.26 Å². The minimum absolute atomic E-state index is 0.0448. The van der Waals surface area contributed by atoms with E-state index >= 15 is 0 Å². The molecule has 0 atom stereocenters. The highest BCUT2D eigenvalue weighted by Crippen LogP contribution is 2.13. The first-order valence-corrected chi connectivity index (χ1v) is 4.73. The molecule has 0 aromatic heterocycles. The number of nitriles is 1. The van der Waals surface area contributed by atoms with Crippen LogP contribution in [0, 0.1) is 17.2 Å². The van der Waals surface area contributed by atoms with E-state index in [2.05, 4.69) is 5.32 Å². The number of hydrogen-bond acceptors (Lipinski definition) is 4. The normalized spacial score (nSPS) is 17.1. The Kier molecular flexibility index (Phi) is 4.36. The summed E-state index contributed by atoms with van der Waals surface area (Å²) in [6, 6.07) is 1.96. The maximum atomic E-state index is 11.2. The van der Waals surface area contributed by atoms with Crippen molar-refractivity contribution in [2.45, 2.75) is 6.42 Å². The number of aliphatic hydroxyl groups excluding tert-OH is 1. The number of carbonyl (C=O) groups excluding carboxylic acids is 1. The van der Waals surface area contributed by atoms with Crippen LogP contribution >= 0.6 is 0 Å². The highest BCUT2D eigenvalue weighted by atomic mass is 16.3. The van der Waals surface area contributed by atoms with Gasteiger partial charge in [-0.2, -0.15) is 5.26 Å². The van der Waals surface area contributed by atoms with E-state index in [-0.39, 0.29) is 12.5 Å². The molecule has 1 fully saturated rings. The van der Waals surface area contributed by atoms with Gasteiger partial charge in [-0.15, -0.1) is 0 Å². The Balaban J connectivity index is 2.02. The summed E-state index contributed by atoms with van der Waals surface area (Å²) in [6.45, 7) is 2.59. The van der Waals surface area contributed by atoms with E-state index in [4.69, 9.17) is 10.4 Å². The molecule has 0 spiro atoms. The zero-order chi connectivity index (χ0) is 10.4. The average Bonchev–Trinajstić information content (AvgIpc) is 2.11. The Labute approximate surface area is 83.3 Å². The summed E-state index contributed by atoms with van der Waals surface area (Å²) in [4.78, 5) is 13.2. The molecule has 0 bridgehead atoms. The molecular formula is C9H15N3O2. The van der Waals surface area contributed by atoms with Gasteiger partial charge < -0.3 is 10.4 Å². The third kappa shape index (κ3) is 3.32. The van der Waals surface area contributed by atoms with E-state index in [1.165, 1.54) is 0 Å². The molecule has 0 aromatic rings. The SMILES string of the molecule is N#CCCNC(=O)CN1CC(CO)C1. The number of carbonyl (C=O) groups is 1. The van der Waals surface area contributed by atoms with Crippen molar-refractivity contribution in [3.63, 3.8) is 0 Å². The molecule has 0 aromatic carbocycles. The van der Waals surface area contributed by atoms with Crippen LogP contribution in [-0.2, 0) is 4.79 Å². The minimum Gasteiger partial charge on any atom is -0.396 e. The lowest BCUT2D eigenvalue weighted by Crippen LogP contribution is -2.52. The molecule has 1 aliphatic rings. The zero-order valence-electron chi connectivity index (χ0n) is 8.07. The van der Waals surface area contributed by atoms with E-state index in [1.807, 2.05) is 11.0 Å². The van der Waals surface area contributed by atoms with Gasteiger partial charge in [0, 0.05) is 32.2 Å². The molecule has 0 saturated carbocycles. The second-order valence-corrected chi connectivity index (χ2v) is 3.50. The maximum absolute atomic E-state index is 11.2. The summed E-state index contributed by atoms with van der Waals surface area (Å²) in [5.41, 5.74) is 0. The monoisotopic (exact) mass is 197 g/mol. The molecule has 0 aliphatic carbocycles. The van der Waals surface area contributed by atoms with E-state index in [9.17, 15) is 4.79 Å². The van der Waals surface area contributed by atoms with Crippen molar-refractivity contribution in [1.82, 2.24) is 10.2 Å².